The first-order valence-corrected chi connectivity index (χ1v) is 5.50. The normalized spacial score (nSPS) is 10.3. The van der Waals surface area contributed by atoms with Gasteiger partial charge in [0.25, 0.3) is 0 Å². The largest absolute Gasteiger partial charge is 0.370 e. The fourth-order valence-corrected chi connectivity index (χ4v) is 2.61. The molecule has 0 saturated carbocycles. The molecule has 0 spiro atoms. The molecule has 0 aliphatic rings. The van der Waals surface area contributed by atoms with Gasteiger partial charge in [0.15, 0.2) is 5.82 Å². The summed E-state index contributed by atoms with van der Waals surface area (Å²) in [5, 5.41) is 2.98. The molecule has 0 fully saturated rings. The van der Waals surface area contributed by atoms with Gasteiger partial charge in [-0.05, 0) is 12.1 Å². The predicted molar refractivity (Wildman–Crippen MR) is 57.8 cm³/mol. The van der Waals surface area contributed by atoms with E-state index in [9.17, 15) is 0 Å². The van der Waals surface area contributed by atoms with E-state index in [0.29, 0.717) is 0 Å². The van der Waals surface area contributed by atoms with Crippen LogP contribution in [0.25, 0.3) is 10.6 Å². The summed E-state index contributed by atoms with van der Waals surface area (Å²) in [6.07, 6.45) is 0. The molecule has 6 heteroatoms. The van der Waals surface area contributed by atoms with Crippen LogP contribution in [0.1, 0.15) is 0 Å². The van der Waals surface area contributed by atoms with Gasteiger partial charge in [0.05, 0.1) is 20.9 Å². The Balaban J connectivity index is 2.45. The SMILES string of the molecule is CNc1nsnc1-c1ccc(Cl)s1. The van der Waals surface area contributed by atoms with E-state index in [0.717, 1.165) is 20.7 Å². The third-order valence-corrected chi connectivity index (χ3v) is 3.30. The summed E-state index contributed by atoms with van der Waals surface area (Å²) in [5.41, 5.74) is 0.879. The molecule has 0 saturated heterocycles. The number of anilines is 1. The number of halogens is 1. The van der Waals surface area contributed by atoms with Crippen LogP contribution in [0.3, 0.4) is 0 Å². The molecule has 0 bridgehead atoms. The molecular formula is C7H6ClN3S2. The number of thiophene rings is 1. The van der Waals surface area contributed by atoms with E-state index in [-0.39, 0.29) is 0 Å². The van der Waals surface area contributed by atoms with E-state index in [4.69, 9.17) is 11.6 Å². The molecule has 2 rings (SSSR count). The number of nitrogens with one attached hydrogen (secondary N) is 1. The van der Waals surface area contributed by atoms with Crippen LogP contribution in [0.2, 0.25) is 4.34 Å². The lowest BCUT2D eigenvalue weighted by Crippen LogP contribution is -1.89. The van der Waals surface area contributed by atoms with Gasteiger partial charge in [0.2, 0.25) is 0 Å². The maximum absolute atomic E-state index is 5.83. The standard InChI is InChI=1S/C7H6ClN3S2/c1-9-7-6(10-13-11-7)4-2-3-5(8)12-4/h2-3H,1H3,(H,9,11). The lowest BCUT2D eigenvalue weighted by Gasteiger charge is -1.94. The fourth-order valence-electron chi connectivity index (χ4n) is 0.956. The molecule has 0 aromatic carbocycles. The zero-order chi connectivity index (χ0) is 9.26. The minimum Gasteiger partial charge on any atom is -0.370 e. The second-order valence-electron chi connectivity index (χ2n) is 2.32. The first-order chi connectivity index (χ1) is 6.31. The highest BCUT2D eigenvalue weighted by Crippen LogP contribution is 2.33. The summed E-state index contributed by atoms with van der Waals surface area (Å²) in [6, 6.07) is 3.81. The number of aromatic nitrogens is 2. The van der Waals surface area contributed by atoms with Gasteiger partial charge >= 0.3 is 0 Å². The average Bonchev–Trinajstić information content (AvgIpc) is 2.71. The summed E-state index contributed by atoms with van der Waals surface area (Å²) in [4.78, 5) is 1.04. The zero-order valence-electron chi connectivity index (χ0n) is 6.74. The Bertz CT molecular complexity index is 409. The highest BCUT2D eigenvalue weighted by atomic mass is 35.5. The maximum atomic E-state index is 5.83. The Kier molecular flexibility index (Phi) is 2.48. The maximum Gasteiger partial charge on any atom is 0.168 e. The average molecular weight is 232 g/mol. The lowest BCUT2D eigenvalue weighted by molar-refractivity contribution is 1.42. The Hall–Kier alpha value is -0.650. The molecule has 0 amide bonds. The van der Waals surface area contributed by atoms with Crippen LogP contribution in [0, 0.1) is 0 Å². The van der Waals surface area contributed by atoms with Crippen molar-refractivity contribution in [1.29, 1.82) is 0 Å². The van der Waals surface area contributed by atoms with Crippen molar-refractivity contribution in [2.75, 3.05) is 12.4 Å². The third kappa shape index (κ3) is 1.67. The molecule has 2 aromatic rings. The Labute approximate surface area is 88.7 Å². The molecule has 1 N–H and O–H groups in total. The van der Waals surface area contributed by atoms with Crippen molar-refractivity contribution in [1.82, 2.24) is 8.75 Å². The van der Waals surface area contributed by atoms with E-state index in [1.165, 1.54) is 23.1 Å². The van der Waals surface area contributed by atoms with Crippen LogP contribution >= 0.6 is 34.7 Å². The smallest absolute Gasteiger partial charge is 0.168 e. The van der Waals surface area contributed by atoms with Crippen LogP contribution < -0.4 is 5.32 Å². The van der Waals surface area contributed by atoms with Crippen molar-refractivity contribution < 1.29 is 0 Å². The Morgan fingerprint density at radius 2 is 2.23 bits per heavy atom. The summed E-state index contributed by atoms with van der Waals surface area (Å²) in [7, 11) is 1.83. The predicted octanol–water partition coefficient (Wildman–Crippen LogP) is 2.96. The van der Waals surface area contributed by atoms with Crippen molar-refractivity contribution in [2.45, 2.75) is 0 Å². The number of hydrogen-bond donors (Lipinski definition) is 1. The van der Waals surface area contributed by atoms with E-state index in [1.807, 2.05) is 19.2 Å². The van der Waals surface area contributed by atoms with E-state index < -0.39 is 0 Å². The van der Waals surface area contributed by atoms with Crippen LogP contribution in [0.15, 0.2) is 12.1 Å². The molecule has 0 aliphatic carbocycles. The van der Waals surface area contributed by atoms with Crippen molar-refractivity contribution in [3.05, 3.63) is 16.5 Å². The van der Waals surface area contributed by atoms with Crippen LogP contribution in [0.4, 0.5) is 5.82 Å². The topological polar surface area (TPSA) is 37.8 Å². The second kappa shape index (κ2) is 3.61. The first kappa shape index (κ1) is 8.93. The number of nitrogens with zero attached hydrogens (tertiary/aromatic N) is 2. The monoisotopic (exact) mass is 231 g/mol. The van der Waals surface area contributed by atoms with Crippen LogP contribution in [-0.2, 0) is 0 Å². The fraction of sp³-hybridized carbons (Fsp3) is 0.143. The molecule has 68 valence electrons. The molecular weight excluding hydrogens is 226 g/mol. The van der Waals surface area contributed by atoms with Gasteiger partial charge in [0.1, 0.15) is 5.69 Å². The number of hydrogen-bond acceptors (Lipinski definition) is 5. The van der Waals surface area contributed by atoms with E-state index >= 15 is 0 Å². The second-order valence-corrected chi connectivity index (χ2v) is 4.56. The van der Waals surface area contributed by atoms with E-state index in [2.05, 4.69) is 14.1 Å². The van der Waals surface area contributed by atoms with Gasteiger partial charge in [0, 0.05) is 7.05 Å². The summed E-state index contributed by atoms with van der Waals surface area (Å²) < 4.78 is 9.06. The minimum atomic E-state index is 0.769. The van der Waals surface area contributed by atoms with Gasteiger partial charge in [-0.15, -0.1) is 11.3 Å². The summed E-state index contributed by atoms with van der Waals surface area (Å²) in [5.74, 6) is 0.809. The number of rotatable bonds is 2. The van der Waals surface area contributed by atoms with Crippen molar-refractivity contribution in [3.8, 4) is 10.6 Å². The molecule has 0 radical (unpaired) electrons. The minimum absolute atomic E-state index is 0.769. The molecule has 0 unspecified atom stereocenters. The molecule has 0 atom stereocenters. The summed E-state index contributed by atoms with van der Waals surface area (Å²) >= 11 is 8.53. The quantitative estimate of drug-likeness (QED) is 0.864. The van der Waals surface area contributed by atoms with Gasteiger partial charge in [-0.2, -0.15) is 8.75 Å². The van der Waals surface area contributed by atoms with Gasteiger partial charge in [-0.1, -0.05) is 11.6 Å². The van der Waals surface area contributed by atoms with Crippen LogP contribution in [-0.4, -0.2) is 15.8 Å². The van der Waals surface area contributed by atoms with Gasteiger partial charge in [-0.25, -0.2) is 0 Å². The molecule has 2 aromatic heterocycles. The van der Waals surface area contributed by atoms with Crippen molar-refractivity contribution in [2.24, 2.45) is 0 Å². The lowest BCUT2D eigenvalue weighted by atomic mass is 10.3. The molecule has 13 heavy (non-hydrogen) atoms. The Morgan fingerprint density at radius 3 is 2.85 bits per heavy atom. The van der Waals surface area contributed by atoms with Crippen LogP contribution in [0.5, 0.6) is 0 Å². The molecule has 0 aliphatic heterocycles. The van der Waals surface area contributed by atoms with Gasteiger partial charge in [-0.3, -0.25) is 0 Å². The third-order valence-electron chi connectivity index (χ3n) is 1.53. The highest BCUT2D eigenvalue weighted by molar-refractivity contribution is 7.19. The summed E-state index contributed by atoms with van der Waals surface area (Å²) in [6.45, 7) is 0. The van der Waals surface area contributed by atoms with Gasteiger partial charge < -0.3 is 5.32 Å². The van der Waals surface area contributed by atoms with E-state index in [1.54, 1.807) is 0 Å². The van der Waals surface area contributed by atoms with Crippen molar-refractivity contribution >= 4 is 40.5 Å². The highest BCUT2D eigenvalue weighted by Gasteiger charge is 2.10. The Morgan fingerprint density at radius 1 is 1.38 bits per heavy atom. The first-order valence-electron chi connectivity index (χ1n) is 3.57. The molecule has 2 heterocycles. The zero-order valence-corrected chi connectivity index (χ0v) is 9.13. The molecule has 3 nitrogen and oxygen atoms in total. The van der Waals surface area contributed by atoms with Crippen molar-refractivity contribution in [3.63, 3.8) is 0 Å².